The summed E-state index contributed by atoms with van der Waals surface area (Å²) in [7, 11) is 0. The van der Waals surface area contributed by atoms with E-state index in [2.05, 4.69) is 26.8 Å². The first kappa shape index (κ1) is 15.4. The molecular formula is C16H26N2O. The van der Waals surface area contributed by atoms with Gasteiger partial charge < -0.3 is 10.5 Å². The smallest absolute Gasteiger partial charge is 0.156 e. The van der Waals surface area contributed by atoms with Crippen LogP contribution in [0, 0.1) is 17.2 Å². The SMILES string of the molecule is CC(C)(C)Cc1ccc(OC(C)(C)C)c(N)c1.[2H]C#N. The maximum Gasteiger partial charge on any atom is 0.156 e. The van der Waals surface area contributed by atoms with E-state index in [0.717, 1.165) is 24.4 Å². The Morgan fingerprint density at radius 1 is 1.26 bits per heavy atom. The fourth-order valence-electron chi connectivity index (χ4n) is 1.74. The molecule has 106 valence electrons. The third kappa shape index (κ3) is 7.35. The van der Waals surface area contributed by atoms with Gasteiger partial charge >= 0.3 is 0 Å². The van der Waals surface area contributed by atoms with Crippen LogP contribution in [0.5, 0.6) is 5.75 Å². The van der Waals surface area contributed by atoms with Crippen molar-refractivity contribution in [3.8, 4) is 12.3 Å². The van der Waals surface area contributed by atoms with Crippen LogP contribution in [-0.2, 0) is 6.42 Å². The van der Waals surface area contributed by atoms with E-state index in [1.165, 1.54) is 5.56 Å². The molecule has 1 rings (SSSR count). The van der Waals surface area contributed by atoms with E-state index in [4.69, 9.17) is 17.1 Å². The first-order valence-corrected chi connectivity index (χ1v) is 6.37. The van der Waals surface area contributed by atoms with E-state index >= 15 is 0 Å². The van der Waals surface area contributed by atoms with E-state index in [0.29, 0.717) is 0 Å². The maximum atomic E-state index is 6.99. The molecule has 0 aliphatic heterocycles. The Bertz CT molecular complexity index is 465. The third-order valence-electron chi connectivity index (χ3n) is 2.22. The Kier molecular flexibility index (Phi) is 5.23. The van der Waals surface area contributed by atoms with Crippen molar-refractivity contribution in [1.82, 2.24) is 0 Å². The van der Waals surface area contributed by atoms with Crippen LogP contribution in [0.2, 0.25) is 0 Å². The summed E-state index contributed by atoms with van der Waals surface area (Å²) in [5.41, 5.74) is 8.07. The van der Waals surface area contributed by atoms with Crippen LogP contribution < -0.4 is 10.5 Å². The van der Waals surface area contributed by atoms with E-state index in [-0.39, 0.29) is 11.0 Å². The van der Waals surface area contributed by atoms with Crippen LogP contribution in [0.4, 0.5) is 5.69 Å². The molecule has 0 amide bonds. The summed E-state index contributed by atoms with van der Waals surface area (Å²) < 4.78 is 11.3. The lowest BCUT2D eigenvalue weighted by atomic mass is 9.88. The van der Waals surface area contributed by atoms with Crippen LogP contribution in [0.15, 0.2) is 18.2 Å². The molecule has 0 aromatic heterocycles. The van der Waals surface area contributed by atoms with Gasteiger partial charge in [-0.05, 0) is 50.3 Å². The van der Waals surface area contributed by atoms with Gasteiger partial charge in [0.05, 0.1) is 5.69 Å². The molecule has 3 nitrogen and oxygen atoms in total. The summed E-state index contributed by atoms with van der Waals surface area (Å²) in [4.78, 5) is 0. The average molecular weight is 263 g/mol. The first-order chi connectivity index (χ1) is 8.98. The van der Waals surface area contributed by atoms with Crippen LogP contribution >= 0.6 is 0 Å². The minimum absolute atomic E-state index is 0.209. The Morgan fingerprint density at radius 3 is 2.16 bits per heavy atom. The van der Waals surface area contributed by atoms with Crippen molar-refractivity contribution < 1.29 is 6.11 Å². The molecule has 0 aliphatic rings. The molecule has 0 heterocycles. The normalized spacial score (nSPS) is 11.7. The van der Waals surface area contributed by atoms with Crippen molar-refractivity contribution in [2.24, 2.45) is 5.41 Å². The second-order valence-electron chi connectivity index (χ2n) is 6.82. The molecule has 0 spiro atoms. The molecule has 0 radical (unpaired) electrons. The largest absolute Gasteiger partial charge is 0.486 e. The average Bonchev–Trinajstić information content (AvgIpc) is 2.19. The highest BCUT2D eigenvalue weighted by atomic mass is 16.5. The predicted octanol–water partition coefficient (Wildman–Crippen LogP) is 4.17. The predicted molar refractivity (Wildman–Crippen MR) is 81.1 cm³/mol. The number of hydrogen-bond donors (Lipinski definition) is 1. The molecule has 19 heavy (non-hydrogen) atoms. The second kappa shape index (κ2) is 6.47. The van der Waals surface area contributed by atoms with Gasteiger partial charge in [-0.15, -0.1) is 0 Å². The quantitative estimate of drug-likeness (QED) is 0.814. The summed E-state index contributed by atoms with van der Waals surface area (Å²) in [5.74, 6) is 0.773. The van der Waals surface area contributed by atoms with Gasteiger partial charge in [0, 0.05) is 6.55 Å². The van der Waals surface area contributed by atoms with Crippen molar-refractivity contribution in [1.29, 1.82) is 5.26 Å². The van der Waals surface area contributed by atoms with Gasteiger partial charge in [-0.1, -0.05) is 26.8 Å². The van der Waals surface area contributed by atoms with Crippen molar-refractivity contribution >= 4 is 5.69 Å². The summed E-state index contributed by atoms with van der Waals surface area (Å²) in [6.45, 7) is 13.7. The lowest BCUT2D eigenvalue weighted by molar-refractivity contribution is 0.132. The molecule has 0 saturated carbocycles. The zero-order chi connectivity index (χ0) is 16.0. The van der Waals surface area contributed by atoms with Crippen LogP contribution in [-0.4, -0.2) is 5.60 Å². The topological polar surface area (TPSA) is 59.0 Å². The number of rotatable bonds is 2. The highest BCUT2D eigenvalue weighted by molar-refractivity contribution is 5.54. The lowest BCUT2D eigenvalue weighted by Crippen LogP contribution is -2.23. The number of hydrogen-bond acceptors (Lipinski definition) is 3. The zero-order valence-electron chi connectivity index (χ0n) is 13.9. The number of nitrogens with two attached hydrogens (primary N) is 1. The van der Waals surface area contributed by atoms with Crippen LogP contribution in [0.25, 0.3) is 0 Å². The van der Waals surface area contributed by atoms with Gasteiger partial charge in [-0.2, -0.15) is 0 Å². The van der Waals surface area contributed by atoms with Crippen molar-refractivity contribution in [2.75, 3.05) is 5.73 Å². The molecule has 0 fully saturated rings. The van der Waals surface area contributed by atoms with E-state index in [1.54, 1.807) is 0 Å². The van der Waals surface area contributed by atoms with Gasteiger partial charge in [0.2, 0.25) is 0 Å². The van der Waals surface area contributed by atoms with Crippen LogP contribution in [0.1, 0.15) is 48.5 Å². The molecule has 0 atom stereocenters. The summed E-state index contributed by atoms with van der Waals surface area (Å²) in [6.07, 6.45) is 1.02. The Labute approximate surface area is 118 Å². The number of anilines is 1. The zero-order valence-corrected chi connectivity index (χ0v) is 12.9. The van der Waals surface area contributed by atoms with Crippen molar-refractivity contribution in [3.63, 3.8) is 0 Å². The monoisotopic (exact) mass is 263 g/mol. The van der Waals surface area contributed by atoms with Crippen LogP contribution in [0.3, 0.4) is 0 Å². The molecule has 2 N–H and O–H groups in total. The Morgan fingerprint density at radius 2 is 1.79 bits per heavy atom. The molecule has 0 aliphatic carbocycles. The standard InChI is InChI=1S/C15H25NO.CHN/c1-14(2,3)10-11-7-8-13(12(16)9-11)17-15(4,5)6;1-2/h7-9H,10,16H2,1-6H3;1H/i;1D. The summed E-state index contributed by atoms with van der Waals surface area (Å²) in [6, 6.07) is 6.09. The Hall–Kier alpha value is -1.69. The molecule has 0 bridgehead atoms. The minimum atomic E-state index is -0.209. The van der Waals surface area contributed by atoms with E-state index in [1.807, 2.05) is 32.9 Å². The lowest BCUT2D eigenvalue weighted by Gasteiger charge is -2.23. The van der Waals surface area contributed by atoms with Gasteiger partial charge in [0.15, 0.2) is 1.37 Å². The maximum absolute atomic E-state index is 6.99. The summed E-state index contributed by atoms with van der Waals surface area (Å²) in [5, 5.41) is 6.99. The fourth-order valence-corrected chi connectivity index (χ4v) is 1.74. The van der Waals surface area contributed by atoms with Gasteiger partial charge in [0.25, 0.3) is 0 Å². The van der Waals surface area contributed by atoms with Gasteiger partial charge in [-0.3, -0.25) is 0 Å². The molecular weight excluding hydrogens is 236 g/mol. The van der Waals surface area contributed by atoms with Gasteiger partial charge in [0.1, 0.15) is 11.4 Å². The van der Waals surface area contributed by atoms with E-state index in [9.17, 15) is 0 Å². The number of benzene rings is 1. The second-order valence-corrected chi connectivity index (χ2v) is 6.82. The first-order valence-electron chi connectivity index (χ1n) is 6.87. The number of nitrogens with zero attached hydrogens (tertiary/aromatic N) is 1. The Balaban J connectivity index is 0.00000110. The summed E-state index contributed by atoms with van der Waals surface area (Å²) >= 11 is 0. The molecule has 3 heteroatoms. The number of ether oxygens (including phenoxy) is 1. The molecule has 1 aromatic rings. The molecule has 0 unspecified atom stereocenters. The third-order valence-corrected chi connectivity index (χ3v) is 2.22. The highest BCUT2D eigenvalue weighted by Crippen LogP contribution is 2.29. The van der Waals surface area contributed by atoms with Crippen molar-refractivity contribution in [3.05, 3.63) is 23.8 Å². The molecule has 0 saturated heterocycles. The van der Waals surface area contributed by atoms with E-state index < -0.39 is 0 Å². The number of nitrogen functional groups attached to an aromatic ring is 1. The fraction of sp³-hybridized carbons (Fsp3) is 0.562. The van der Waals surface area contributed by atoms with Crippen molar-refractivity contribution in [2.45, 2.75) is 53.6 Å². The molecule has 1 aromatic carbocycles. The van der Waals surface area contributed by atoms with Gasteiger partial charge in [-0.25, -0.2) is 5.26 Å². The minimum Gasteiger partial charge on any atom is -0.486 e. The number of nitriles is 1. The highest BCUT2D eigenvalue weighted by Gasteiger charge is 2.15.